The first-order valence-corrected chi connectivity index (χ1v) is 6.22. The van der Waals surface area contributed by atoms with Gasteiger partial charge in [0.1, 0.15) is 0 Å². The van der Waals surface area contributed by atoms with Crippen LogP contribution in [-0.4, -0.2) is 23.2 Å². The summed E-state index contributed by atoms with van der Waals surface area (Å²) in [5.74, 6) is 0.182. The number of carbonyl (C=O) groups excluding carboxylic acids is 1. The van der Waals surface area contributed by atoms with Crippen LogP contribution in [0.4, 0.5) is 0 Å². The van der Waals surface area contributed by atoms with Crippen LogP contribution in [0, 0.1) is 5.41 Å². The molecule has 0 aliphatic carbocycles. The lowest BCUT2D eigenvalue weighted by Gasteiger charge is -2.39. The number of nitrogens with one attached hydrogen (secondary N) is 1. The molecule has 1 spiro atoms. The van der Waals surface area contributed by atoms with Crippen molar-refractivity contribution in [1.29, 1.82) is 0 Å². The van der Waals surface area contributed by atoms with Crippen LogP contribution in [0.3, 0.4) is 0 Å². The van der Waals surface area contributed by atoms with Crippen molar-refractivity contribution in [3.8, 4) is 0 Å². The van der Waals surface area contributed by atoms with Gasteiger partial charge in [0.15, 0.2) is 0 Å². The zero-order chi connectivity index (χ0) is 12.2. The van der Waals surface area contributed by atoms with E-state index in [1.165, 1.54) is 0 Å². The first-order valence-electron chi connectivity index (χ1n) is 6.22. The minimum Gasteiger partial charge on any atom is -0.369 e. The van der Waals surface area contributed by atoms with Crippen molar-refractivity contribution in [2.24, 2.45) is 5.41 Å². The maximum absolute atomic E-state index is 11.7. The molecule has 92 valence electrons. The lowest BCUT2D eigenvalue weighted by atomic mass is 9.65. The van der Waals surface area contributed by atoms with Crippen LogP contribution in [0.1, 0.15) is 53.9 Å². The van der Waals surface area contributed by atoms with E-state index in [1.807, 2.05) is 0 Å². The Morgan fingerprint density at radius 2 is 2.00 bits per heavy atom. The van der Waals surface area contributed by atoms with Crippen molar-refractivity contribution >= 4 is 5.91 Å². The van der Waals surface area contributed by atoms with Gasteiger partial charge in [-0.3, -0.25) is 4.79 Å². The number of carbonyl (C=O) groups is 1. The standard InChI is InChI=1S/C13H23NO2/c1-6-9-13(7-10(15)14-9)8-11(2,3)16-12(13,4)5/h9H,6-8H2,1-5H3,(H,14,15). The second-order valence-corrected chi connectivity index (χ2v) is 6.41. The largest absolute Gasteiger partial charge is 0.369 e. The van der Waals surface area contributed by atoms with E-state index in [-0.39, 0.29) is 28.6 Å². The van der Waals surface area contributed by atoms with Crippen LogP contribution in [0.2, 0.25) is 0 Å². The quantitative estimate of drug-likeness (QED) is 0.743. The third-order valence-corrected chi connectivity index (χ3v) is 4.36. The summed E-state index contributed by atoms with van der Waals surface area (Å²) in [6, 6.07) is 0.261. The van der Waals surface area contributed by atoms with E-state index in [1.54, 1.807) is 0 Å². The molecule has 2 unspecified atom stereocenters. The van der Waals surface area contributed by atoms with Crippen molar-refractivity contribution < 1.29 is 9.53 Å². The van der Waals surface area contributed by atoms with Crippen LogP contribution in [0.15, 0.2) is 0 Å². The summed E-state index contributed by atoms with van der Waals surface area (Å²) < 4.78 is 6.16. The molecule has 2 atom stereocenters. The Hall–Kier alpha value is -0.570. The molecule has 3 heteroatoms. The van der Waals surface area contributed by atoms with Crippen molar-refractivity contribution in [1.82, 2.24) is 5.32 Å². The molecule has 3 nitrogen and oxygen atoms in total. The molecule has 0 aromatic rings. The molecule has 1 amide bonds. The van der Waals surface area contributed by atoms with Crippen LogP contribution in [0.25, 0.3) is 0 Å². The molecule has 1 N–H and O–H groups in total. The zero-order valence-electron chi connectivity index (χ0n) is 11.0. The van der Waals surface area contributed by atoms with Crippen molar-refractivity contribution in [3.05, 3.63) is 0 Å². The van der Waals surface area contributed by atoms with Gasteiger partial charge in [-0.1, -0.05) is 6.92 Å². The van der Waals surface area contributed by atoms with Crippen molar-refractivity contribution in [3.63, 3.8) is 0 Å². The summed E-state index contributed by atoms with van der Waals surface area (Å²) in [5.41, 5.74) is -0.373. The Bertz CT molecular complexity index is 322. The van der Waals surface area contributed by atoms with E-state index in [2.05, 4.69) is 39.9 Å². The Morgan fingerprint density at radius 1 is 1.38 bits per heavy atom. The predicted molar refractivity (Wildman–Crippen MR) is 63.1 cm³/mol. The highest BCUT2D eigenvalue weighted by atomic mass is 16.5. The van der Waals surface area contributed by atoms with E-state index < -0.39 is 0 Å². The maximum atomic E-state index is 11.7. The summed E-state index contributed by atoms with van der Waals surface area (Å²) in [7, 11) is 0. The second-order valence-electron chi connectivity index (χ2n) is 6.41. The second kappa shape index (κ2) is 3.22. The Kier molecular flexibility index (Phi) is 2.40. The number of ether oxygens (including phenoxy) is 1. The summed E-state index contributed by atoms with van der Waals surface area (Å²) in [4.78, 5) is 11.7. The summed E-state index contributed by atoms with van der Waals surface area (Å²) in [6.45, 7) is 10.6. The fraction of sp³-hybridized carbons (Fsp3) is 0.923. The summed E-state index contributed by atoms with van der Waals surface area (Å²) in [6.07, 6.45) is 2.56. The SMILES string of the molecule is CCC1NC(=O)CC12CC(C)(C)OC2(C)C. The smallest absolute Gasteiger partial charge is 0.220 e. The van der Waals surface area contributed by atoms with Crippen LogP contribution >= 0.6 is 0 Å². The van der Waals surface area contributed by atoms with E-state index in [9.17, 15) is 4.79 Å². The number of rotatable bonds is 1. The first-order chi connectivity index (χ1) is 7.22. The summed E-state index contributed by atoms with van der Waals surface area (Å²) in [5, 5.41) is 3.11. The molecular weight excluding hydrogens is 202 g/mol. The van der Waals surface area contributed by atoms with Crippen LogP contribution in [0.5, 0.6) is 0 Å². The molecule has 0 aromatic heterocycles. The van der Waals surface area contributed by atoms with Crippen LogP contribution in [-0.2, 0) is 9.53 Å². The minimum absolute atomic E-state index is 0.0255. The highest BCUT2D eigenvalue weighted by molar-refractivity contribution is 5.80. The van der Waals surface area contributed by atoms with Crippen LogP contribution < -0.4 is 5.32 Å². The summed E-state index contributed by atoms with van der Waals surface area (Å²) >= 11 is 0. The van der Waals surface area contributed by atoms with Gasteiger partial charge in [0.05, 0.1) is 11.2 Å². The van der Waals surface area contributed by atoms with E-state index in [0.29, 0.717) is 6.42 Å². The Morgan fingerprint density at radius 3 is 2.44 bits per heavy atom. The molecule has 0 saturated carbocycles. The number of amides is 1. The predicted octanol–water partition coefficient (Wildman–Crippen LogP) is 2.25. The minimum atomic E-state index is -0.226. The molecule has 2 fully saturated rings. The molecule has 16 heavy (non-hydrogen) atoms. The topological polar surface area (TPSA) is 38.3 Å². The zero-order valence-corrected chi connectivity index (χ0v) is 11.0. The van der Waals surface area contributed by atoms with Gasteiger partial charge in [-0.25, -0.2) is 0 Å². The average Bonchev–Trinajstić information content (AvgIpc) is 2.48. The van der Waals surface area contributed by atoms with Crippen molar-refractivity contribution in [2.75, 3.05) is 0 Å². The van der Waals surface area contributed by atoms with Gasteiger partial charge >= 0.3 is 0 Å². The molecule has 2 rings (SSSR count). The molecule has 0 bridgehead atoms. The number of hydrogen-bond acceptors (Lipinski definition) is 2. The molecule has 2 aliphatic heterocycles. The maximum Gasteiger partial charge on any atom is 0.220 e. The van der Waals surface area contributed by atoms with E-state index in [4.69, 9.17) is 4.74 Å². The van der Waals surface area contributed by atoms with Gasteiger partial charge in [-0.15, -0.1) is 0 Å². The van der Waals surface area contributed by atoms with Gasteiger partial charge in [0.2, 0.25) is 5.91 Å². The van der Waals surface area contributed by atoms with Gasteiger partial charge in [-0.05, 0) is 40.5 Å². The first kappa shape index (κ1) is 11.9. The van der Waals surface area contributed by atoms with E-state index >= 15 is 0 Å². The normalized spacial score (nSPS) is 40.3. The molecule has 0 radical (unpaired) electrons. The highest BCUT2D eigenvalue weighted by Gasteiger charge is 2.63. The average molecular weight is 225 g/mol. The monoisotopic (exact) mass is 225 g/mol. The highest BCUT2D eigenvalue weighted by Crippen LogP contribution is 2.57. The lowest BCUT2D eigenvalue weighted by molar-refractivity contribution is -0.121. The molecular formula is C13H23NO2. The Labute approximate surface area is 97.9 Å². The van der Waals surface area contributed by atoms with Gasteiger partial charge in [-0.2, -0.15) is 0 Å². The fourth-order valence-corrected chi connectivity index (χ4v) is 3.91. The Balaban J connectivity index is 2.40. The van der Waals surface area contributed by atoms with E-state index in [0.717, 1.165) is 12.8 Å². The third kappa shape index (κ3) is 1.48. The van der Waals surface area contributed by atoms with Gasteiger partial charge in [0.25, 0.3) is 0 Å². The molecule has 2 saturated heterocycles. The molecule has 2 heterocycles. The molecule has 0 aromatic carbocycles. The fourth-order valence-electron chi connectivity index (χ4n) is 3.91. The molecule has 2 aliphatic rings. The van der Waals surface area contributed by atoms with Crippen molar-refractivity contribution in [2.45, 2.75) is 71.1 Å². The lowest BCUT2D eigenvalue weighted by Crippen LogP contribution is -2.48. The third-order valence-electron chi connectivity index (χ3n) is 4.36. The van der Waals surface area contributed by atoms with Gasteiger partial charge in [0, 0.05) is 17.9 Å². The van der Waals surface area contributed by atoms with Gasteiger partial charge < -0.3 is 10.1 Å². The number of hydrogen-bond donors (Lipinski definition) is 1.